The lowest BCUT2D eigenvalue weighted by Crippen LogP contribution is -2.05. The zero-order chi connectivity index (χ0) is 19.9. The Kier molecular flexibility index (Phi) is 6.32. The van der Waals surface area contributed by atoms with Crippen LogP contribution in [-0.2, 0) is 16.0 Å². The summed E-state index contributed by atoms with van der Waals surface area (Å²) >= 11 is 0. The van der Waals surface area contributed by atoms with Gasteiger partial charge in [-0.3, -0.25) is 10.1 Å². The average molecular weight is 378 g/mol. The number of non-ortho nitro benzene ring substituents is 1. The summed E-state index contributed by atoms with van der Waals surface area (Å²) in [6, 6.07) is 13.8. The van der Waals surface area contributed by atoms with E-state index in [2.05, 4.69) is 11.9 Å². The molecule has 0 atom stereocenters. The first-order valence-electron chi connectivity index (χ1n) is 9.43. The molecule has 0 aliphatic carbocycles. The van der Waals surface area contributed by atoms with Crippen LogP contribution in [0.25, 0.3) is 6.08 Å². The van der Waals surface area contributed by atoms with Gasteiger partial charge < -0.3 is 4.74 Å². The van der Waals surface area contributed by atoms with Crippen LogP contribution in [0.5, 0.6) is 0 Å². The summed E-state index contributed by atoms with van der Waals surface area (Å²) in [7, 11) is 0. The Hall–Kier alpha value is -3.28. The highest BCUT2D eigenvalue weighted by atomic mass is 16.6. The van der Waals surface area contributed by atoms with E-state index in [0.717, 1.165) is 12.0 Å². The van der Waals surface area contributed by atoms with Gasteiger partial charge in [0.1, 0.15) is 0 Å². The lowest BCUT2D eigenvalue weighted by molar-refractivity contribution is -0.384. The molecule has 6 nitrogen and oxygen atoms in total. The Labute approximate surface area is 163 Å². The summed E-state index contributed by atoms with van der Waals surface area (Å²) in [5.41, 5.74) is 2.82. The fourth-order valence-electron chi connectivity index (χ4n) is 2.95. The number of aliphatic imine (C=N–C) groups is 1. The van der Waals surface area contributed by atoms with E-state index in [4.69, 9.17) is 4.74 Å². The maximum atomic E-state index is 12.1. The average Bonchev–Trinajstić information content (AvgIpc) is 3.06. The van der Waals surface area contributed by atoms with E-state index < -0.39 is 10.9 Å². The molecule has 0 saturated carbocycles. The molecule has 3 rings (SSSR count). The Morgan fingerprint density at radius 3 is 2.39 bits per heavy atom. The van der Waals surface area contributed by atoms with Crippen molar-refractivity contribution >= 4 is 23.6 Å². The molecule has 0 bridgehead atoms. The molecule has 6 heteroatoms. The van der Waals surface area contributed by atoms with Crippen molar-refractivity contribution in [1.29, 1.82) is 0 Å². The van der Waals surface area contributed by atoms with Gasteiger partial charge in [0.05, 0.1) is 4.92 Å². The van der Waals surface area contributed by atoms with E-state index in [1.165, 1.54) is 43.4 Å². The SMILES string of the molecule is CCCCCCc1ccc(C2=N/C(=C\c3ccc([N+](=O)[O-])cc3)C(=O)O2)cc1. The quantitative estimate of drug-likeness (QED) is 0.211. The summed E-state index contributed by atoms with van der Waals surface area (Å²) in [6.07, 6.45) is 7.48. The maximum Gasteiger partial charge on any atom is 0.363 e. The van der Waals surface area contributed by atoms with Crippen LogP contribution in [0.3, 0.4) is 0 Å². The van der Waals surface area contributed by atoms with E-state index in [1.807, 2.05) is 24.3 Å². The highest BCUT2D eigenvalue weighted by molar-refractivity contribution is 6.12. The third kappa shape index (κ3) is 4.91. The Balaban J connectivity index is 1.69. The molecular formula is C22H22N2O4. The molecule has 144 valence electrons. The zero-order valence-corrected chi connectivity index (χ0v) is 15.8. The second-order valence-corrected chi connectivity index (χ2v) is 6.69. The summed E-state index contributed by atoms with van der Waals surface area (Å²) in [4.78, 5) is 26.6. The molecule has 0 fully saturated rings. The summed E-state index contributed by atoms with van der Waals surface area (Å²) in [6.45, 7) is 2.20. The van der Waals surface area contributed by atoms with Crippen molar-refractivity contribution in [2.45, 2.75) is 39.0 Å². The van der Waals surface area contributed by atoms with E-state index in [0.29, 0.717) is 5.56 Å². The molecular weight excluding hydrogens is 356 g/mol. The number of cyclic esters (lactones) is 1. The van der Waals surface area contributed by atoms with E-state index in [-0.39, 0.29) is 17.3 Å². The first kappa shape index (κ1) is 19.5. The minimum atomic E-state index is -0.531. The van der Waals surface area contributed by atoms with Crippen LogP contribution in [0.1, 0.15) is 49.3 Å². The number of hydrogen-bond donors (Lipinski definition) is 0. The number of carbonyl (C=O) groups excluding carboxylic acids is 1. The highest BCUT2D eigenvalue weighted by Crippen LogP contribution is 2.21. The van der Waals surface area contributed by atoms with Crippen molar-refractivity contribution in [3.63, 3.8) is 0 Å². The molecule has 1 heterocycles. The molecule has 1 aliphatic heterocycles. The Bertz CT molecular complexity index is 913. The molecule has 0 amide bonds. The highest BCUT2D eigenvalue weighted by Gasteiger charge is 2.24. The van der Waals surface area contributed by atoms with Crippen molar-refractivity contribution in [2.24, 2.45) is 4.99 Å². The summed E-state index contributed by atoms with van der Waals surface area (Å²) in [5.74, 6) is -0.257. The van der Waals surface area contributed by atoms with Crippen LogP contribution in [0.2, 0.25) is 0 Å². The van der Waals surface area contributed by atoms with Gasteiger partial charge in [0.15, 0.2) is 5.70 Å². The third-order valence-corrected chi connectivity index (χ3v) is 4.55. The number of esters is 1. The minimum absolute atomic E-state index is 0.00452. The number of nitro groups is 1. The predicted molar refractivity (Wildman–Crippen MR) is 108 cm³/mol. The molecule has 2 aromatic rings. The number of carbonyl (C=O) groups is 1. The van der Waals surface area contributed by atoms with Crippen LogP contribution in [0.15, 0.2) is 59.2 Å². The maximum absolute atomic E-state index is 12.1. The predicted octanol–water partition coefficient (Wildman–Crippen LogP) is 5.06. The smallest absolute Gasteiger partial charge is 0.363 e. The number of hydrogen-bond acceptors (Lipinski definition) is 5. The fraction of sp³-hybridized carbons (Fsp3) is 0.273. The monoisotopic (exact) mass is 378 g/mol. The van der Waals surface area contributed by atoms with Crippen LogP contribution in [-0.4, -0.2) is 16.8 Å². The molecule has 0 unspecified atom stereocenters. The molecule has 0 spiro atoms. The number of benzene rings is 2. The topological polar surface area (TPSA) is 81.8 Å². The fourth-order valence-corrected chi connectivity index (χ4v) is 2.95. The van der Waals surface area contributed by atoms with Crippen molar-refractivity contribution in [1.82, 2.24) is 0 Å². The summed E-state index contributed by atoms with van der Waals surface area (Å²) in [5, 5.41) is 10.7. The number of aryl methyl sites for hydroxylation is 1. The van der Waals surface area contributed by atoms with Crippen molar-refractivity contribution in [3.8, 4) is 0 Å². The first-order chi connectivity index (χ1) is 13.6. The van der Waals surface area contributed by atoms with Gasteiger partial charge in [0.25, 0.3) is 5.69 Å². The van der Waals surface area contributed by atoms with Gasteiger partial charge in [-0.05, 0) is 54.3 Å². The standard InChI is InChI=1S/C22H22N2O4/c1-2-3-4-5-6-16-7-11-18(12-8-16)21-23-20(22(25)28-21)15-17-9-13-19(14-10-17)24(26)27/h7-15H,2-6H2,1H3/b20-15-. The second-order valence-electron chi connectivity index (χ2n) is 6.69. The number of ether oxygens (including phenoxy) is 1. The molecule has 28 heavy (non-hydrogen) atoms. The van der Waals surface area contributed by atoms with Crippen LogP contribution in [0, 0.1) is 10.1 Å². The van der Waals surface area contributed by atoms with Crippen molar-refractivity contribution in [3.05, 3.63) is 81.0 Å². The van der Waals surface area contributed by atoms with Crippen LogP contribution >= 0.6 is 0 Å². The molecule has 2 aromatic carbocycles. The third-order valence-electron chi connectivity index (χ3n) is 4.55. The first-order valence-corrected chi connectivity index (χ1v) is 9.43. The second kappa shape index (κ2) is 9.08. The van der Waals surface area contributed by atoms with Crippen molar-refractivity contribution < 1.29 is 14.5 Å². The van der Waals surface area contributed by atoms with Crippen LogP contribution in [0.4, 0.5) is 5.69 Å². The lowest BCUT2D eigenvalue weighted by Gasteiger charge is -2.03. The lowest BCUT2D eigenvalue weighted by atomic mass is 10.0. The number of rotatable bonds is 8. The van der Waals surface area contributed by atoms with Gasteiger partial charge in [0.2, 0.25) is 5.90 Å². The van der Waals surface area contributed by atoms with Gasteiger partial charge in [-0.15, -0.1) is 0 Å². The molecule has 0 aromatic heterocycles. The van der Waals surface area contributed by atoms with E-state index in [1.54, 1.807) is 18.2 Å². The summed E-state index contributed by atoms with van der Waals surface area (Å²) < 4.78 is 5.28. The number of unbranched alkanes of at least 4 members (excludes halogenated alkanes) is 3. The van der Waals surface area contributed by atoms with Gasteiger partial charge in [0, 0.05) is 17.7 Å². The zero-order valence-electron chi connectivity index (χ0n) is 15.8. The molecule has 0 radical (unpaired) electrons. The van der Waals surface area contributed by atoms with Gasteiger partial charge in [-0.1, -0.05) is 38.3 Å². The van der Waals surface area contributed by atoms with Crippen molar-refractivity contribution in [2.75, 3.05) is 0 Å². The number of nitrogens with zero attached hydrogens (tertiary/aromatic N) is 2. The van der Waals surface area contributed by atoms with Crippen LogP contribution < -0.4 is 0 Å². The minimum Gasteiger partial charge on any atom is -0.402 e. The van der Waals surface area contributed by atoms with E-state index in [9.17, 15) is 14.9 Å². The Morgan fingerprint density at radius 2 is 1.75 bits per heavy atom. The Morgan fingerprint density at radius 1 is 1.04 bits per heavy atom. The molecule has 0 saturated heterocycles. The molecule has 1 aliphatic rings. The van der Waals surface area contributed by atoms with Gasteiger partial charge in [-0.25, -0.2) is 9.79 Å². The molecule has 0 N–H and O–H groups in total. The normalized spacial score (nSPS) is 14.8. The number of nitro benzene ring substituents is 1. The van der Waals surface area contributed by atoms with Gasteiger partial charge >= 0.3 is 5.97 Å². The van der Waals surface area contributed by atoms with Gasteiger partial charge in [-0.2, -0.15) is 0 Å². The van der Waals surface area contributed by atoms with E-state index >= 15 is 0 Å². The largest absolute Gasteiger partial charge is 0.402 e.